The Morgan fingerprint density at radius 1 is 1.11 bits per heavy atom. The Bertz CT molecular complexity index is 626. The van der Waals surface area contributed by atoms with Gasteiger partial charge in [0, 0.05) is 15.0 Å². The second kappa shape index (κ2) is 5.71. The number of ether oxygens (including phenoxy) is 1. The predicted octanol–water partition coefficient (Wildman–Crippen LogP) is 4.43. The Kier molecular flexibility index (Phi) is 4.21. The van der Waals surface area contributed by atoms with Gasteiger partial charge >= 0.3 is 0 Å². The Morgan fingerprint density at radius 2 is 1.84 bits per heavy atom. The number of nitrogens with two attached hydrogens (primary N) is 1. The van der Waals surface area contributed by atoms with E-state index in [2.05, 4.69) is 31.9 Å². The molecule has 0 fully saturated rings. The lowest BCUT2D eigenvalue weighted by Gasteiger charge is -2.11. The minimum Gasteiger partial charge on any atom is -0.456 e. The van der Waals surface area contributed by atoms with Gasteiger partial charge in [0.15, 0.2) is 0 Å². The summed E-state index contributed by atoms with van der Waals surface area (Å²) in [6.45, 7) is 0. The Labute approximate surface area is 126 Å². The predicted molar refractivity (Wildman–Crippen MR) is 79.3 cm³/mol. The first kappa shape index (κ1) is 14.0. The molecular weight excluding hydrogens is 379 g/mol. The summed E-state index contributed by atoms with van der Waals surface area (Å²) >= 11 is 6.49. The van der Waals surface area contributed by atoms with E-state index < -0.39 is 5.82 Å². The van der Waals surface area contributed by atoms with Crippen LogP contribution >= 0.6 is 31.9 Å². The maximum atomic E-state index is 13.3. The van der Waals surface area contributed by atoms with Crippen molar-refractivity contribution in [3.8, 4) is 11.5 Å². The SMILES string of the molecule is N=C(N)c1cc(Br)ccc1Oc1cc(F)cc(Br)c1. The van der Waals surface area contributed by atoms with E-state index in [1.54, 1.807) is 24.3 Å². The number of rotatable bonds is 3. The van der Waals surface area contributed by atoms with Gasteiger partial charge in [0.2, 0.25) is 0 Å². The van der Waals surface area contributed by atoms with Crippen molar-refractivity contribution in [1.29, 1.82) is 5.41 Å². The number of benzene rings is 2. The molecule has 0 aliphatic heterocycles. The standard InChI is InChI=1S/C13H9Br2FN2O/c14-7-1-2-12(11(5-7)13(17)18)19-10-4-8(15)3-9(16)6-10/h1-6H,(H3,17,18). The molecule has 0 heterocycles. The minimum absolute atomic E-state index is 0.119. The van der Waals surface area contributed by atoms with Crippen LogP contribution in [-0.2, 0) is 0 Å². The molecule has 0 amide bonds. The van der Waals surface area contributed by atoms with Gasteiger partial charge in [0.1, 0.15) is 23.2 Å². The minimum atomic E-state index is -0.411. The van der Waals surface area contributed by atoms with Crippen LogP contribution in [0, 0.1) is 11.2 Å². The first-order valence-electron chi connectivity index (χ1n) is 5.23. The number of halogens is 3. The largest absolute Gasteiger partial charge is 0.456 e. The Morgan fingerprint density at radius 3 is 2.47 bits per heavy atom. The van der Waals surface area contributed by atoms with Crippen molar-refractivity contribution in [2.45, 2.75) is 0 Å². The lowest BCUT2D eigenvalue weighted by molar-refractivity contribution is 0.475. The van der Waals surface area contributed by atoms with Crippen molar-refractivity contribution in [2.24, 2.45) is 5.73 Å². The van der Waals surface area contributed by atoms with Crippen LogP contribution in [0.25, 0.3) is 0 Å². The van der Waals surface area contributed by atoms with E-state index in [0.717, 1.165) is 4.47 Å². The topological polar surface area (TPSA) is 59.1 Å². The third-order valence-corrected chi connectivity index (χ3v) is 3.25. The molecule has 98 valence electrons. The highest BCUT2D eigenvalue weighted by Crippen LogP contribution is 2.30. The molecule has 3 N–H and O–H groups in total. The smallest absolute Gasteiger partial charge is 0.138 e. The van der Waals surface area contributed by atoms with Crippen LogP contribution in [0.4, 0.5) is 4.39 Å². The third kappa shape index (κ3) is 3.54. The van der Waals surface area contributed by atoms with Gasteiger partial charge in [0.05, 0.1) is 5.56 Å². The second-order valence-electron chi connectivity index (χ2n) is 3.76. The molecule has 0 aromatic heterocycles. The van der Waals surface area contributed by atoms with Crippen LogP contribution in [0.5, 0.6) is 11.5 Å². The highest BCUT2D eigenvalue weighted by molar-refractivity contribution is 9.10. The molecule has 2 aromatic carbocycles. The summed E-state index contributed by atoms with van der Waals surface area (Å²) in [5.41, 5.74) is 5.94. The van der Waals surface area contributed by atoms with Gasteiger partial charge in [-0.25, -0.2) is 4.39 Å². The van der Waals surface area contributed by atoms with Crippen LogP contribution in [0.1, 0.15) is 5.56 Å². The average Bonchev–Trinajstić information content (AvgIpc) is 2.30. The van der Waals surface area contributed by atoms with Gasteiger partial charge in [0.25, 0.3) is 0 Å². The van der Waals surface area contributed by atoms with Crippen LogP contribution in [0.2, 0.25) is 0 Å². The monoisotopic (exact) mass is 386 g/mol. The number of hydrogen-bond donors (Lipinski definition) is 2. The molecule has 19 heavy (non-hydrogen) atoms. The van der Waals surface area contributed by atoms with Crippen molar-refractivity contribution in [1.82, 2.24) is 0 Å². The normalized spacial score (nSPS) is 10.3. The summed E-state index contributed by atoms with van der Waals surface area (Å²) in [5, 5.41) is 7.52. The fourth-order valence-electron chi connectivity index (χ4n) is 1.52. The average molecular weight is 388 g/mol. The van der Waals surface area contributed by atoms with Crippen LogP contribution < -0.4 is 10.5 Å². The van der Waals surface area contributed by atoms with Crippen molar-refractivity contribution in [3.63, 3.8) is 0 Å². The third-order valence-electron chi connectivity index (χ3n) is 2.30. The molecule has 2 rings (SSSR count). The molecule has 0 atom stereocenters. The van der Waals surface area contributed by atoms with E-state index in [4.69, 9.17) is 15.9 Å². The van der Waals surface area contributed by atoms with E-state index in [1.807, 2.05) is 0 Å². The fraction of sp³-hybridized carbons (Fsp3) is 0. The van der Waals surface area contributed by atoms with Crippen LogP contribution in [-0.4, -0.2) is 5.84 Å². The lowest BCUT2D eigenvalue weighted by atomic mass is 10.2. The van der Waals surface area contributed by atoms with Gasteiger partial charge in [-0.1, -0.05) is 31.9 Å². The molecule has 3 nitrogen and oxygen atoms in total. The zero-order valence-corrected chi connectivity index (χ0v) is 12.8. The van der Waals surface area contributed by atoms with Crippen LogP contribution in [0.3, 0.4) is 0 Å². The number of nitrogen functional groups attached to an aromatic ring is 1. The summed E-state index contributed by atoms with van der Waals surface area (Å²) < 4.78 is 20.2. The summed E-state index contributed by atoms with van der Waals surface area (Å²) in [7, 11) is 0. The molecule has 0 bridgehead atoms. The van der Waals surface area contributed by atoms with Gasteiger partial charge < -0.3 is 10.5 Å². The number of amidine groups is 1. The quantitative estimate of drug-likeness (QED) is 0.604. The van der Waals surface area contributed by atoms with Crippen LogP contribution in [0.15, 0.2) is 45.3 Å². The van der Waals surface area contributed by atoms with Gasteiger partial charge in [-0.3, -0.25) is 5.41 Å². The summed E-state index contributed by atoms with van der Waals surface area (Å²) in [4.78, 5) is 0. The zero-order chi connectivity index (χ0) is 14.0. The van der Waals surface area contributed by atoms with E-state index >= 15 is 0 Å². The number of hydrogen-bond acceptors (Lipinski definition) is 2. The molecule has 0 unspecified atom stereocenters. The van der Waals surface area contributed by atoms with Gasteiger partial charge in [-0.05, 0) is 30.3 Å². The highest BCUT2D eigenvalue weighted by atomic mass is 79.9. The molecule has 0 aliphatic carbocycles. The zero-order valence-electron chi connectivity index (χ0n) is 9.58. The maximum absolute atomic E-state index is 13.3. The fourth-order valence-corrected chi connectivity index (χ4v) is 2.32. The summed E-state index contributed by atoms with van der Waals surface area (Å²) in [5.74, 6) is 0.197. The van der Waals surface area contributed by atoms with E-state index in [-0.39, 0.29) is 5.84 Å². The highest BCUT2D eigenvalue weighted by Gasteiger charge is 2.09. The maximum Gasteiger partial charge on any atom is 0.138 e. The van der Waals surface area contributed by atoms with Crippen molar-refractivity contribution >= 4 is 37.7 Å². The molecule has 0 saturated carbocycles. The first-order chi connectivity index (χ1) is 8.95. The summed E-state index contributed by atoms with van der Waals surface area (Å²) in [6, 6.07) is 9.33. The van der Waals surface area contributed by atoms with Gasteiger partial charge in [-0.2, -0.15) is 0 Å². The molecule has 6 heteroatoms. The molecule has 0 radical (unpaired) electrons. The lowest BCUT2D eigenvalue weighted by Crippen LogP contribution is -2.12. The first-order valence-corrected chi connectivity index (χ1v) is 6.82. The van der Waals surface area contributed by atoms with Crippen molar-refractivity contribution in [3.05, 3.63) is 56.7 Å². The van der Waals surface area contributed by atoms with E-state index in [9.17, 15) is 4.39 Å². The van der Waals surface area contributed by atoms with E-state index in [1.165, 1.54) is 12.1 Å². The molecule has 0 saturated heterocycles. The molecular formula is C13H9Br2FN2O. The van der Waals surface area contributed by atoms with E-state index in [0.29, 0.717) is 21.5 Å². The molecule has 0 aliphatic rings. The number of nitrogens with one attached hydrogen (secondary N) is 1. The molecule has 0 spiro atoms. The Hall–Kier alpha value is -1.40. The second-order valence-corrected chi connectivity index (χ2v) is 5.59. The van der Waals surface area contributed by atoms with Crippen molar-refractivity contribution in [2.75, 3.05) is 0 Å². The van der Waals surface area contributed by atoms with Gasteiger partial charge in [-0.15, -0.1) is 0 Å². The molecule has 2 aromatic rings. The summed E-state index contributed by atoms with van der Waals surface area (Å²) in [6.07, 6.45) is 0. The van der Waals surface area contributed by atoms with Crippen molar-refractivity contribution < 1.29 is 9.13 Å². The Balaban J connectivity index is 2.40.